The Bertz CT molecular complexity index is 380. The second kappa shape index (κ2) is 5.05. The maximum atomic E-state index is 4.69. The lowest BCUT2D eigenvalue weighted by molar-refractivity contribution is 0.456. The maximum absolute atomic E-state index is 4.69. The zero-order valence-corrected chi connectivity index (χ0v) is 10.3. The Balaban J connectivity index is 1.53. The summed E-state index contributed by atoms with van der Waals surface area (Å²) in [5.41, 5.74) is 1.18. The summed E-state index contributed by atoms with van der Waals surface area (Å²) in [5, 5.41) is 8.25. The number of aromatic nitrogens is 2. The Morgan fingerprint density at radius 2 is 2.00 bits per heavy atom. The Hall–Kier alpha value is -1.09. The highest BCUT2D eigenvalue weighted by atomic mass is 15.3. The lowest BCUT2D eigenvalue weighted by Gasteiger charge is -2.11. The van der Waals surface area contributed by atoms with Gasteiger partial charge in [-0.25, -0.2) is 0 Å². The predicted molar refractivity (Wildman–Crippen MR) is 68.7 cm³/mol. The summed E-state index contributed by atoms with van der Waals surface area (Å²) >= 11 is 0. The molecule has 0 radical (unpaired) electrons. The Morgan fingerprint density at radius 3 is 2.76 bits per heavy atom. The Kier molecular flexibility index (Phi) is 3.27. The van der Waals surface area contributed by atoms with Crippen LogP contribution in [0.25, 0.3) is 0 Å². The number of nitrogens with one attached hydrogen (secondary N) is 1. The van der Waals surface area contributed by atoms with Crippen molar-refractivity contribution in [2.24, 2.45) is 0 Å². The molecule has 0 aliphatic heterocycles. The molecule has 3 nitrogen and oxygen atoms in total. The highest BCUT2D eigenvalue weighted by Gasteiger charge is 2.17. The van der Waals surface area contributed by atoms with Crippen molar-refractivity contribution in [2.45, 2.75) is 57.2 Å². The molecule has 3 rings (SSSR count). The first-order chi connectivity index (χ1) is 8.42. The summed E-state index contributed by atoms with van der Waals surface area (Å²) in [6.45, 7) is 0.909. The highest BCUT2D eigenvalue weighted by molar-refractivity contribution is 5.02. The van der Waals surface area contributed by atoms with Gasteiger partial charge < -0.3 is 5.32 Å². The molecule has 2 aliphatic rings. The summed E-state index contributed by atoms with van der Waals surface area (Å²) in [7, 11) is 0. The van der Waals surface area contributed by atoms with E-state index in [1.54, 1.807) is 0 Å². The van der Waals surface area contributed by atoms with Crippen LogP contribution in [0.5, 0.6) is 0 Å². The van der Waals surface area contributed by atoms with Crippen molar-refractivity contribution in [3.05, 3.63) is 30.1 Å². The maximum Gasteiger partial charge on any atom is 0.0762 e. The normalized spacial score (nSPS) is 21.6. The molecular weight excluding hydrogens is 210 g/mol. The van der Waals surface area contributed by atoms with Crippen LogP contribution in [-0.4, -0.2) is 15.8 Å². The lowest BCUT2D eigenvalue weighted by atomic mass is 10.2. The van der Waals surface area contributed by atoms with Crippen LogP contribution in [0.15, 0.2) is 24.4 Å². The SMILES string of the molecule is C1=CCC(NCc2ccn(C3CCCC3)n2)C1. The van der Waals surface area contributed by atoms with E-state index in [9.17, 15) is 0 Å². The monoisotopic (exact) mass is 231 g/mol. The molecule has 0 saturated heterocycles. The first kappa shape index (κ1) is 11.0. The molecule has 0 atom stereocenters. The first-order valence-electron chi connectivity index (χ1n) is 6.84. The van der Waals surface area contributed by atoms with Gasteiger partial charge in [-0.15, -0.1) is 0 Å². The standard InChI is InChI=1S/C14H21N3/c1-2-6-12(5-1)15-11-13-9-10-17(16-13)14-7-3-4-8-14/h1-2,9-10,12,14-15H,3-8,11H2. The van der Waals surface area contributed by atoms with E-state index in [2.05, 4.69) is 39.5 Å². The van der Waals surface area contributed by atoms with Crippen molar-refractivity contribution in [2.75, 3.05) is 0 Å². The third-order valence-electron chi connectivity index (χ3n) is 3.94. The van der Waals surface area contributed by atoms with E-state index >= 15 is 0 Å². The summed E-state index contributed by atoms with van der Waals surface area (Å²) in [6.07, 6.45) is 14.4. The van der Waals surface area contributed by atoms with Gasteiger partial charge in [-0.1, -0.05) is 25.0 Å². The van der Waals surface area contributed by atoms with E-state index in [1.807, 2.05) is 0 Å². The quantitative estimate of drug-likeness (QED) is 0.808. The minimum atomic E-state index is 0.631. The fourth-order valence-electron chi connectivity index (χ4n) is 2.88. The van der Waals surface area contributed by atoms with Gasteiger partial charge in [-0.2, -0.15) is 5.10 Å². The van der Waals surface area contributed by atoms with Crippen LogP contribution in [0.3, 0.4) is 0 Å². The second-order valence-electron chi connectivity index (χ2n) is 5.25. The lowest BCUT2D eigenvalue weighted by Crippen LogP contribution is -2.25. The van der Waals surface area contributed by atoms with Crippen molar-refractivity contribution >= 4 is 0 Å². The molecule has 1 saturated carbocycles. The van der Waals surface area contributed by atoms with E-state index in [4.69, 9.17) is 0 Å². The topological polar surface area (TPSA) is 29.9 Å². The number of rotatable bonds is 4. The largest absolute Gasteiger partial charge is 0.308 e. The Labute approximate surface area is 103 Å². The van der Waals surface area contributed by atoms with E-state index < -0.39 is 0 Å². The van der Waals surface area contributed by atoms with E-state index in [-0.39, 0.29) is 0 Å². The predicted octanol–water partition coefficient (Wildman–Crippen LogP) is 2.81. The van der Waals surface area contributed by atoms with Crippen LogP contribution in [0.4, 0.5) is 0 Å². The number of hydrogen-bond acceptors (Lipinski definition) is 2. The number of nitrogens with zero attached hydrogens (tertiary/aromatic N) is 2. The molecule has 3 heteroatoms. The molecule has 92 valence electrons. The van der Waals surface area contributed by atoms with Gasteiger partial charge in [-0.3, -0.25) is 4.68 Å². The molecule has 0 spiro atoms. The molecule has 2 aliphatic carbocycles. The molecule has 1 heterocycles. The van der Waals surface area contributed by atoms with Crippen molar-refractivity contribution < 1.29 is 0 Å². The van der Waals surface area contributed by atoms with Gasteiger partial charge in [0.05, 0.1) is 11.7 Å². The van der Waals surface area contributed by atoms with Crippen molar-refractivity contribution in [1.82, 2.24) is 15.1 Å². The van der Waals surface area contributed by atoms with Crippen LogP contribution in [0, 0.1) is 0 Å². The first-order valence-corrected chi connectivity index (χ1v) is 6.84. The molecule has 1 fully saturated rings. The van der Waals surface area contributed by atoms with Gasteiger partial charge in [0, 0.05) is 18.8 Å². The van der Waals surface area contributed by atoms with Crippen molar-refractivity contribution in [3.8, 4) is 0 Å². The van der Waals surface area contributed by atoms with Gasteiger partial charge in [0.2, 0.25) is 0 Å². The smallest absolute Gasteiger partial charge is 0.0762 e. The molecular formula is C14H21N3. The van der Waals surface area contributed by atoms with Crippen LogP contribution < -0.4 is 5.32 Å². The third kappa shape index (κ3) is 2.60. The zero-order valence-electron chi connectivity index (χ0n) is 10.3. The number of hydrogen-bond donors (Lipinski definition) is 1. The molecule has 1 aromatic rings. The molecule has 0 aromatic carbocycles. The van der Waals surface area contributed by atoms with E-state index in [0.29, 0.717) is 12.1 Å². The van der Waals surface area contributed by atoms with E-state index in [0.717, 1.165) is 6.54 Å². The van der Waals surface area contributed by atoms with Crippen LogP contribution >= 0.6 is 0 Å². The summed E-state index contributed by atoms with van der Waals surface area (Å²) in [4.78, 5) is 0. The van der Waals surface area contributed by atoms with E-state index in [1.165, 1.54) is 44.2 Å². The fourth-order valence-corrected chi connectivity index (χ4v) is 2.88. The molecule has 1 N–H and O–H groups in total. The van der Waals surface area contributed by atoms with Crippen LogP contribution in [0.2, 0.25) is 0 Å². The van der Waals surface area contributed by atoms with Crippen LogP contribution in [0.1, 0.15) is 50.3 Å². The average molecular weight is 231 g/mol. The van der Waals surface area contributed by atoms with Gasteiger partial charge in [0.25, 0.3) is 0 Å². The van der Waals surface area contributed by atoms with Gasteiger partial charge in [0.1, 0.15) is 0 Å². The van der Waals surface area contributed by atoms with Gasteiger partial charge >= 0.3 is 0 Å². The molecule has 0 unspecified atom stereocenters. The second-order valence-corrected chi connectivity index (χ2v) is 5.25. The Morgan fingerprint density at radius 1 is 1.24 bits per heavy atom. The fraction of sp³-hybridized carbons (Fsp3) is 0.643. The zero-order chi connectivity index (χ0) is 11.5. The molecule has 17 heavy (non-hydrogen) atoms. The van der Waals surface area contributed by atoms with Gasteiger partial charge in [0.15, 0.2) is 0 Å². The van der Waals surface area contributed by atoms with Crippen LogP contribution in [-0.2, 0) is 6.54 Å². The summed E-state index contributed by atoms with van der Waals surface area (Å²) in [5.74, 6) is 0. The van der Waals surface area contributed by atoms with Gasteiger partial charge in [-0.05, 0) is 31.7 Å². The van der Waals surface area contributed by atoms with Crippen molar-refractivity contribution in [1.29, 1.82) is 0 Å². The third-order valence-corrected chi connectivity index (χ3v) is 3.94. The average Bonchev–Trinajstić information content (AvgIpc) is 3.09. The molecule has 0 amide bonds. The molecule has 1 aromatic heterocycles. The summed E-state index contributed by atoms with van der Waals surface area (Å²) < 4.78 is 2.18. The minimum absolute atomic E-state index is 0.631. The molecule has 0 bridgehead atoms. The minimum Gasteiger partial charge on any atom is -0.308 e. The summed E-state index contributed by atoms with van der Waals surface area (Å²) in [6, 6.07) is 3.46. The highest BCUT2D eigenvalue weighted by Crippen LogP contribution is 2.28. The van der Waals surface area contributed by atoms with Crippen molar-refractivity contribution in [3.63, 3.8) is 0 Å².